The maximum Gasteiger partial charge on any atom is 0.417 e. The molecule has 0 radical (unpaired) electrons. The van der Waals surface area contributed by atoms with Gasteiger partial charge in [0.25, 0.3) is 0 Å². The SMILES string of the molecule is Cc1cc(N)c(F)c(C2Cc3nc(OC[C@@H]4C[C@@H](F)CN4C)nc(N4CCNC[C@@H]4C)c3CC2C)c1C(F)(F)F. The lowest BCUT2D eigenvalue weighted by Crippen LogP contribution is -2.50. The van der Waals surface area contributed by atoms with E-state index in [1.54, 1.807) is 0 Å². The Labute approximate surface area is 231 Å². The van der Waals surface area contributed by atoms with E-state index in [0.29, 0.717) is 37.4 Å². The van der Waals surface area contributed by atoms with Crippen molar-refractivity contribution < 1.29 is 26.7 Å². The second-order valence-corrected chi connectivity index (χ2v) is 11.6. The first-order valence-electron chi connectivity index (χ1n) is 13.8. The highest BCUT2D eigenvalue weighted by Gasteiger charge is 2.43. The van der Waals surface area contributed by atoms with Gasteiger partial charge >= 0.3 is 12.2 Å². The molecule has 2 unspecified atom stereocenters. The first-order chi connectivity index (χ1) is 18.8. The Morgan fingerprint density at radius 3 is 2.60 bits per heavy atom. The van der Waals surface area contributed by atoms with Crippen LogP contribution in [0.25, 0.3) is 0 Å². The number of nitrogens with two attached hydrogens (primary N) is 1. The molecule has 1 aliphatic carbocycles. The Kier molecular flexibility index (Phi) is 7.86. The molecule has 2 fully saturated rings. The van der Waals surface area contributed by atoms with Crippen LogP contribution in [0, 0.1) is 18.7 Å². The third-order valence-corrected chi connectivity index (χ3v) is 8.67. The van der Waals surface area contributed by atoms with Crippen molar-refractivity contribution in [1.82, 2.24) is 20.2 Å². The van der Waals surface area contributed by atoms with E-state index in [-0.39, 0.29) is 48.3 Å². The van der Waals surface area contributed by atoms with E-state index in [1.807, 2.05) is 18.9 Å². The van der Waals surface area contributed by atoms with Crippen LogP contribution >= 0.6 is 0 Å². The number of hydrogen-bond donors (Lipinski definition) is 2. The molecular weight excluding hydrogens is 531 g/mol. The zero-order chi connectivity index (χ0) is 28.9. The highest BCUT2D eigenvalue weighted by atomic mass is 19.4. The minimum Gasteiger partial charge on any atom is -0.462 e. The molecule has 0 bridgehead atoms. The number of hydrogen-bond acceptors (Lipinski definition) is 7. The molecule has 3 aliphatic rings. The number of aromatic nitrogens is 2. The van der Waals surface area contributed by atoms with Crippen LogP contribution in [0.4, 0.5) is 33.5 Å². The van der Waals surface area contributed by atoms with E-state index in [4.69, 9.17) is 15.5 Å². The second kappa shape index (κ2) is 10.9. The fourth-order valence-electron chi connectivity index (χ4n) is 6.54. The molecule has 3 heterocycles. The van der Waals surface area contributed by atoms with E-state index < -0.39 is 35.2 Å². The smallest absolute Gasteiger partial charge is 0.417 e. The normalized spacial score (nSPS) is 27.6. The van der Waals surface area contributed by atoms with Gasteiger partial charge in [0.2, 0.25) is 0 Å². The summed E-state index contributed by atoms with van der Waals surface area (Å²) in [7, 11) is 1.83. The average molecular weight is 569 g/mol. The molecule has 2 saturated heterocycles. The number of nitrogens with zero attached hydrogens (tertiary/aromatic N) is 4. The van der Waals surface area contributed by atoms with Crippen molar-refractivity contribution in [3.63, 3.8) is 0 Å². The number of anilines is 2. The fourth-order valence-corrected chi connectivity index (χ4v) is 6.54. The number of benzene rings is 1. The molecule has 1 aromatic heterocycles. The first-order valence-corrected chi connectivity index (χ1v) is 13.8. The molecule has 220 valence electrons. The third-order valence-electron chi connectivity index (χ3n) is 8.67. The molecule has 0 amide bonds. The zero-order valence-electron chi connectivity index (χ0n) is 23.3. The number of alkyl halides is 4. The Bertz CT molecular complexity index is 1260. The lowest BCUT2D eigenvalue weighted by Gasteiger charge is -2.39. The maximum absolute atomic E-state index is 15.4. The summed E-state index contributed by atoms with van der Waals surface area (Å²) >= 11 is 0. The largest absolute Gasteiger partial charge is 0.462 e. The summed E-state index contributed by atoms with van der Waals surface area (Å²) in [6.45, 7) is 7.94. The molecule has 1 aromatic carbocycles. The van der Waals surface area contributed by atoms with Crippen molar-refractivity contribution in [3.05, 3.63) is 39.8 Å². The minimum atomic E-state index is -4.74. The van der Waals surface area contributed by atoms with E-state index in [1.165, 1.54) is 6.92 Å². The molecule has 40 heavy (non-hydrogen) atoms. The van der Waals surface area contributed by atoms with Crippen LogP contribution in [0.3, 0.4) is 0 Å². The van der Waals surface area contributed by atoms with Crippen molar-refractivity contribution in [2.45, 2.75) is 70.4 Å². The molecular formula is C28H37F5N6O. The van der Waals surface area contributed by atoms with Gasteiger partial charge in [0.05, 0.1) is 16.9 Å². The number of nitrogens with one attached hydrogen (secondary N) is 1. The van der Waals surface area contributed by atoms with Crippen molar-refractivity contribution in [2.75, 3.05) is 50.5 Å². The Morgan fingerprint density at radius 2 is 1.95 bits per heavy atom. The maximum atomic E-state index is 15.4. The highest BCUT2D eigenvalue weighted by molar-refractivity contribution is 5.57. The van der Waals surface area contributed by atoms with E-state index in [0.717, 1.165) is 24.7 Å². The van der Waals surface area contributed by atoms with Gasteiger partial charge in [0.15, 0.2) is 0 Å². The number of aryl methyl sites for hydroxylation is 1. The molecule has 2 aromatic rings. The number of nitrogen functional groups attached to an aromatic ring is 1. The van der Waals surface area contributed by atoms with Crippen molar-refractivity contribution in [3.8, 4) is 6.01 Å². The lowest BCUT2D eigenvalue weighted by atomic mass is 9.73. The third kappa shape index (κ3) is 5.44. The molecule has 0 saturated carbocycles. The minimum absolute atomic E-state index is 0.0850. The van der Waals surface area contributed by atoms with Crippen LogP contribution in [0.5, 0.6) is 6.01 Å². The Morgan fingerprint density at radius 1 is 1.20 bits per heavy atom. The standard InChI is InChI=1S/C28H37F5N6O/c1-14-7-20-22(10-19(14)23-24(28(31,32)33)15(2)8-21(34)25(23)30)36-27(40-13-18-9-17(29)12-38(18)4)37-26(20)39-6-5-35-11-16(39)3/h8,14,16-19,35H,5-7,9-13,34H2,1-4H3/t14?,16-,17+,18-,19?/m0/s1. The second-order valence-electron chi connectivity index (χ2n) is 11.6. The summed E-state index contributed by atoms with van der Waals surface area (Å²) in [4.78, 5) is 13.5. The molecule has 3 N–H and O–H groups in total. The van der Waals surface area contributed by atoms with E-state index in [9.17, 15) is 17.6 Å². The van der Waals surface area contributed by atoms with Crippen LogP contribution in [0.1, 0.15) is 54.1 Å². The van der Waals surface area contributed by atoms with Gasteiger partial charge in [0, 0.05) is 49.4 Å². The van der Waals surface area contributed by atoms with Gasteiger partial charge in [0.1, 0.15) is 24.4 Å². The summed E-state index contributed by atoms with van der Waals surface area (Å²) in [5, 5.41) is 3.36. The van der Waals surface area contributed by atoms with Gasteiger partial charge in [-0.25, -0.2) is 8.78 Å². The highest BCUT2D eigenvalue weighted by Crippen LogP contribution is 2.47. The van der Waals surface area contributed by atoms with Crippen LogP contribution in [-0.2, 0) is 19.0 Å². The van der Waals surface area contributed by atoms with Gasteiger partial charge < -0.3 is 20.7 Å². The average Bonchev–Trinajstić information content (AvgIpc) is 3.20. The van der Waals surface area contributed by atoms with Crippen LogP contribution in [0.15, 0.2) is 6.07 Å². The van der Waals surface area contributed by atoms with Crippen molar-refractivity contribution >= 4 is 11.5 Å². The van der Waals surface area contributed by atoms with Gasteiger partial charge in [-0.15, -0.1) is 0 Å². The Balaban J connectivity index is 1.56. The quantitative estimate of drug-likeness (QED) is 0.412. The van der Waals surface area contributed by atoms with Crippen LogP contribution in [0.2, 0.25) is 0 Å². The van der Waals surface area contributed by atoms with Gasteiger partial charge in [-0.05, 0) is 63.6 Å². The summed E-state index contributed by atoms with van der Waals surface area (Å²) in [5.74, 6) is -1.45. The molecule has 5 atom stereocenters. The monoisotopic (exact) mass is 568 g/mol. The molecule has 0 spiro atoms. The predicted octanol–water partition coefficient (Wildman–Crippen LogP) is 4.26. The number of rotatable bonds is 5. The first kappa shape index (κ1) is 28.8. The number of likely N-dealkylation sites (tertiary alicyclic amines) is 1. The van der Waals surface area contributed by atoms with E-state index >= 15 is 4.39 Å². The Hall–Kier alpha value is -2.73. The van der Waals surface area contributed by atoms with Gasteiger partial charge in [-0.2, -0.15) is 23.1 Å². The van der Waals surface area contributed by atoms with Crippen LogP contribution < -0.4 is 20.7 Å². The van der Waals surface area contributed by atoms with Crippen molar-refractivity contribution in [1.29, 1.82) is 0 Å². The number of ether oxygens (including phenoxy) is 1. The number of piperazine rings is 1. The van der Waals surface area contributed by atoms with E-state index in [2.05, 4.69) is 22.1 Å². The molecule has 5 rings (SSSR count). The number of fused-ring (bicyclic) bond motifs is 1. The summed E-state index contributed by atoms with van der Waals surface area (Å²) in [6, 6.07) is 1.13. The van der Waals surface area contributed by atoms with Crippen molar-refractivity contribution in [2.24, 2.45) is 5.92 Å². The predicted molar refractivity (Wildman–Crippen MR) is 143 cm³/mol. The molecule has 2 aliphatic heterocycles. The number of likely N-dealkylation sites (N-methyl/N-ethyl adjacent to an activating group) is 1. The zero-order valence-corrected chi connectivity index (χ0v) is 23.3. The fraction of sp³-hybridized carbons (Fsp3) is 0.643. The molecule has 7 nitrogen and oxygen atoms in total. The summed E-state index contributed by atoms with van der Waals surface area (Å²) < 4.78 is 78.0. The van der Waals surface area contributed by atoms with Crippen LogP contribution in [-0.4, -0.2) is 73.0 Å². The lowest BCUT2D eigenvalue weighted by molar-refractivity contribution is -0.139. The molecule has 12 heteroatoms. The topological polar surface area (TPSA) is 79.5 Å². The van der Waals surface area contributed by atoms with Gasteiger partial charge in [-0.3, -0.25) is 4.90 Å². The summed E-state index contributed by atoms with van der Waals surface area (Å²) in [6.07, 6.45) is -4.86. The van der Waals surface area contributed by atoms with Gasteiger partial charge in [-0.1, -0.05) is 6.92 Å². The number of halogens is 5. The summed E-state index contributed by atoms with van der Waals surface area (Å²) in [5.41, 5.74) is 5.46.